The summed E-state index contributed by atoms with van der Waals surface area (Å²) < 4.78 is 1.82. The highest BCUT2D eigenvalue weighted by Crippen LogP contribution is 2.27. The summed E-state index contributed by atoms with van der Waals surface area (Å²) in [4.78, 5) is 11.4. The molecule has 2 atom stereocenters. The molecule has 6 heteroatoms. The molecule has 1 aliphatic heterocycles. The molecule has 0 saturated carbocycles. The molecular formula is C12H16BrN5. The van der Waals surface area contributed by atoms with E-state index in [2.05, 4.69) is 48.9 Å². The zero-order valence-corrected chi connectivity index (χ0v) is 12.1. The maximum absolute atomic E-state index is 4.38. The van der Waals surface area contributed by atoms with Crippen molar-refractivity contribution in [1.82, 2.24) is 19.6 Å². The third-order valence-corrected chi connectivity index (χ3v) is 4.74. The second kappa shape index (κ2) is 4.50. The van der Waals surface area contributed by atoms with Gasteiger partial charge in [0.25, 0.3) is 5.78 Å². The first-order valence-corrected chi connectivity index (χ1v) is 7.13. The largest absolute Gasteiger partial charge is 0.355 e. The van der Waals surface area contributed by atoms with Crippen LogP contribution in [-0.2, 0) is 0 Å². The normalized spacial score (nSPS) is 24.7. The Morgan fingerprint density at radius 3 is 3.06 bits per heavy atom. The smallest absolute Gasteiger partial charge is 0.254 e. The van der Waals surface area contributed by atoms with E-state index in [1.807, 2.05) is 11.4 Å². The van der Waals surface area contributed by atoms with Crippen LogP contribution in [0.3, 0.4) is 0 Å². The van der Waals surface area contributed by atoms with Gasteiger partial charge in [0.05, 0.1) is 0 Å². The predicted octanol–water partition coefficient (Wildman–Crippen LogP) is 2.04. The number of piperidine rings is 1. The number of halogens is 1. The molecule has 0 aromatic carbocycles. The maximum atomic E-state index is 4.38. The molecule has 1 fully saturated rings. The van der Waals surface area contributed by atoms with E-state index >= 15 is 0 Å². The van der Waals surface area contributed by atoms with E-state index in [4.69, 9.17) is 0 Å². The second-order valence-electron chi connectivity index (χ2n) is 4.96. The first kappa shape index (κ1) is 11.9. The zero-order chi connectivity index (χ0) is 12.7. The Morgan fingerprint density at radius 2 is 2.28 bits per heavy atom. The number of anilines is 1. The lowest BCUT2D eigenvalue weighted by atomic mass is 9.99. The molecule has 2 unspecified atom stereocenters. The second-order valence-corrected chi connectivity index (χ2v) is 6.13. The van der Waals surface area contributed by atoms with Crippen molar-refractivity contribution in [2.45, 2.75) is 25.1 Å². The SMILES string of the molecule is Cc1cc(N2CCC(C)C(Br)C2)n2ncnc2n1. The molecule has 0 amide bonds. The molecule has 0 spiro atoms. The summed E-state index contributed by atoms with van der Waals surface area (Å²) in [6.07, 6.45) is 2.75. The van der Waals surface area contributed by atoms with E-state index < -0.39 is 0 Å². The van der Waals surface area contributed by atoms with Crippen molar-refractivity contribution >= 4 is 27.5 Å². The molecule has 0 aliphatic carbocycles. The number of hydrogen-bond donors (Lipinski definition) is 0. The lowest BCUT2D eigenvalue weighted by Gasteiger charge is -2.35. The van der Waals surface area contributed by atoms with Crippen molar-refractivity contribution in [2.75, 3.05) is 18.0 Å². The average Bonchev–Trinajstić information content (AvgIpc) is 2.79. The van der Waals surface area contributed by atoms with Crippen LogP contribution in [0.25, 0.3) is 5.78 Å². The van der Waals surface area contributed by atoms with Crippen molar-refractivity contribution in [3.63, 3.8) is 0 Å². The lowest BCUT2D eigenvalue weighted by molar-refractivity contribution is 0.452. The van der Waals surface area contributed by atoms with Crippen molar-refractivity contribution < 1.29 is 0 Å². The molecule has 0 N–H and O–H groups in total. The minimum atomic E-state index is 0.526. The van der Waals surface area contributed by atoms with Gasteiger partial charge < -0.3 is 4.90 Å². The van der Waals surface area contributed by atoms with Gasteiger partial charge in [0.2, 0.25) is 0 Å². The van der Waals surface area contributed by atoms with Gasteiger partial charge in [-0.2, -0.15) is 14.6 Å². The van der Waals surface area contributed by atoms with Gasteiger partial charge in [-0.25, -0.2) is 4.98 Å². The molecule has 0 bridgehead atoms. The Kier molecular flexibility index (Phi) is 2.97. The van der Waals surface area contributed by atoms with Crippen LogP contribution in [0.5, 0.6) is 0 Å². The predicted molar refractivity (Wildman–Crippen MR) is 74.2 cm³/mol. The minimum Gasteiger partial charge on any atom is -0.355 e. The van der Waals surface area contributed by atoms with Crippen molar-refractivity contribution in [3.8, 4) is 0 Å². The number of alkyl halides is 1. The number of hydrogen-bond acceptors (Lipinski definition) is 4. The van der Waals surface area contributed by atoms with Gasteiger partial charge >= 0.3 is 0 Å². The van der Waals surface area contributed by atoms with Gasteiger partial charge in [-0.05, 0) is 19.3 Å². The van der Waals surface area contributed by atoms with Crippen LogP contribution in [0.4, 0.5) is 5.82 Å². The summed E-state index contributed by atoms with van der Waals surface area (Å²) >= 11 is 3.76. The Balaban J connectivity index is 2.01. The van der Waals surface area contributed by atoms with Crippen LogP contribution in [0.1, 0.15) is 19.0 Å². The molecule has 3 heterocycles. The Bertz CT molecular complexity index is 567. The van der Waals surface area contributed by atoms with Gasteiger partial charge in [-0.15, -0.1) is 0 Å². The highest BCUT2D eigenvalue weighted by atomic mass is 79.9. The fraction of sp³-hybridized carbons (Fsp3) is 0.583. The summed E-state index contributed by atoms with van der Waals surface area (Å²) in [5.74, 6) is 2.48. The topological polar surface area (TPSA) is 46.3 Å². The zero-order valence-electron chi connectivity index (χ0n) is 10.5. The van der Waals surface area contributed by atoms with E-state index in [0.717, 1.165) is 30.5 Å². The average molecular weight is 310 g/mol. The van der Waals surface area contributed by atoms with Crippen molar-refractivity contribution in [3.05, 3.63) is 18.1 Å². The number of aryl methyl sites for hydroxylation is 1. The Labute approximate surface area is 114 Å². The number of fused-ring (bicyclic) bond motifs is 1. The summed E-state index contributed by atoms with van der Waals surface area (Å²) in [6.45, 7) is 6.34. The molecule has 18 heavy (non-hydrogen) atoms. The van der Waals surface area contributed by atoms with Gasteiger partial charge in [0.1, 0.15) is 12.1 Å². The quantitative estimate of drug-likeness (QED) is 0.756. The number of rotatable bonds is 1. The van der Waals surface area contributed by atoms with Crippen LogP contribution in [0.2, 0.25) is 0 Å². The van der Waals surface area contributed by atoms with E-state index in [1.165, 1.54) is 6.42 Å². The van der Waals surface area contributed by atoms with E-state index in [9.17, 15) is 0 Å². The molecular weight excluding hydrogens is 294 g/mol. The van der Waals surface area contributed by atoms with E-state index in [1.54, 1.807) is 6.33 Å². The first-order valence-electron chi connectivity index (χ1n) is 6.21. The van der Waals surface area contributed by atoms with Crippen LogP contribution in [0.15, 0.2) is 12.4 Å². The molecule has 3 rings (SSSR count). The monoisotopic (exact) mass is 309 g/mol. The molecule has 1 aliphatic rings. The number of aromatic nitrogens is 4. The molecule has 1 saturated heterocycles. The Hall–Kier alpha value is -1.17. The van der Waals surface area contributed by atoms with Gasteiger partial charge in [-0.3, -0.25) is 0 Å². The van der Waals surface area contributed by atoms with Crippen LogP contribution in [0, 0.1) is 12.8 Å². The summed E-state index contributed by atoms with van der Waals surface area (Å²) in [5.41, 5.74) is 0.982. The number of nitrogens with zero attached hydrogens (tertiary/aromatic N) is 5. The summed E-state index contributed by atoms with van der Waals surface area (Å²) in [5, 5.41) is 4.27. The molecule has 2 aromatic rings. The maximum Gasteiger partial charge on any atom is 0.254 e. The van der Waals surface area contributed by atoms with Gasteiger partial charge in [0, 0.05) is 29.7 Å². The highest BCUT2D eigenvalue weighted by Gasteiger charge is 2.25. The summed E-state index contributed by atoms with van der Waals surface area (Å²) in [6, 6.07) is 2.08. The molecule has 5 nitrogen and oxygen atoms in total. The van der Waals surface area contributed by atoms with Crippen LogP contribution >= 0.6 is 15.9 Å². The lowest BCUT2D eigenvalue weighted by Crippen LogP contribution is -2.41. The highest BCUT2D eigenvalue weighted by molar-refractivity contribution is 9.09. The first-order chi connectivity index (χ1) is 8.65. The molecule has 0 radical (unpaired) electrons. The molecule has 2 aromatic heterocycles. The minimum absolute atomic E-state index is 0.526. The van der Waals surface area contributed by atoms with Gasteiger partial charge in [-0.1, -0.05) is 22.9 Å². The third-order valence-electron chi connectivity index (χ3n) is 3.55. The van der Waals surface area contributed by atoms with Crippen LogP contribution < -0.4 is 4.90 Å². The summed E-state index contributed by atoms with van der Waals surface area (Å²) in [7, 11) is 0. The van der Waals surface area contributed by atoms with Crippen LogP contribution in [-0.4, -0.2) is 37.5 Å². The van der Waals surface area contributed by atoms with Crippen molar-refractivity contribution in [1.29, 1.82) is 0 Å². The van der Waals surface area contributed by atoms with Crippen molar-refractivity contribution in [2.24, 2.45) is 5.92 Å². The van der Waals surface area contributed by atoms with E-state index in [0.29, 0.717) is 10.6 Å². The van der Waals surface area contributed by atoms with Gasteiger partial charge in [0.15, 0.2) is 0 Å². The Morgan fingerprint density at radius 1 is 1.44 bits per heavy atom. The third kappa shape index (κ3) is 1.98. The molecule has 96 valence electrons. The van der Waals surface area contributed by atoms with E-state index in [-0.39, 0.29) is 0 Å². The fourth-order valence-corrected chi connectivity index (χ4v) is 2.98. The fourth-order valence-electron chi connectivity index (χ4n) is 2.37. The standard InChI is InChI=1S/C12H16BrN5/c1-8-3-4-17(6-10(8)13)11-5-9(2)16-12-14-7-15-18(11)12/h5,7-8,10H,3-4,6H2,1-2H3.